The summed E-state index contributed by atoms with van der Waals surface area (Å²) in [6.07, 6.45) is 1.72. The minimum atomic E-state index is 0.594. The largest absolute Gasteiger partial charge is 0.274 e. The highest BCUT2D eigenvalue weighted by Crippen LogP contribution is 2.36. The van der Waals surface area contributed by atoms with Gasteiger partial charge in [-0.1, -0.05) is 23.8 Å². The molecule has 0 saturated heterocycles. The van der Waals surface area contributed by atoms with E-state index in [2.05, 4.69) is 65.3 Å². The monoisotopic (exact) mass is 425 g/mol. The Hall–Kier alpha value is -3.65. The first kappa shape index (κ1) is 18.1. The van der Waals surface area contributed by atoms with E-state index in [0.717, 1.165) is 48.7 Å². The molecular formula is C23H19N7S. The summed E-state index contributed by atoms with van der Waals surface area (Å²) in [5.74, 6) is 0.594. The van der Waals surface area contributed by atoms with Crippen LogP contribution in [0.15, 0.2) is 36.7 Å². The Labute approximate surface area is 181 Å². The standard InChI is InChI=1S/C23H19N7S/c1-11-5-6-15(12(2)7-11)16-9-17(28-27-16)21-26-22-20-19(24-10-30(22)29-21)18-13(3)8-14(4)25-23(18)31-20/h5-10H,1-4H3,(H,27,28). The Balaban J connectivity index is 1.51. The highest BCUT2D eigenvalue weighted by atomic mass is 32.1. The molecule has 5 aromatic heterocycles. The maximum atomic E-state index is 4.83. The summed E-state index contributed by atoms with van der Waals surface area (Å²) >= 11 is 1.61. The minimum Gasteiger partial charge on any atom is -0.274 e. The number of benzene rings is 1. The molecule has 7 nitrogen and oxygen atoms in total. The summed E-state index contributed by atoms with van der Waals surface area (Å²) < 4.78 is 2.72. The number of aromatic nitrogens is 7. The number of hydrogen-bond donors (Lipinski definition) is 1. The van der Waals surface area contributed by atoms with Crippen molar-refractivity contribution in [2.24, 2.45) is 0 Å². The predicted molar refractivity (Wildman–Crippen MR) is 123 cm³/mol. The number of nitrogens with one attached hydrogen (secondary N) is 1. The van der Waals surface area contributed by atoms with Gasteiger partial charge in [0.2, 0.25) is 0 Å². The maximum Gasteiger partial charge on any atom is 0.200 e. The summed E-state index contributed by atoms with van der Waals surface area (Å²) in [7, 11) is 0. The quantitative estimate of drug-likeness (QED) is 0.413. The number of pyridine rings is 1. The lowest BCUT2D eigenvalue weighted by molar-refractivity contribution is 0.935. The van der Waals surface area contributed by atoms with Crippen molar-refractivity contribution in [1.82, 2.24) is 34.8 Å². The molecule has 0 atom stereocenters. The van der Waals surface area contributed by atoms with Gasteiger partial charge in [-0.25, -0.2) is 19.5 Å². The van der Waals surface area contributed by atoms with Crippen LogP contribution in [0.4, 0.5) is 0 Å². The molecule has 6 rings (SSSR count). The average molecular weight is 426 g/mol. The molecule has 152 valence electrons. The summed E-state index contributed by atoms with van der Waals surface area (Å²) in [5, 5.41) is 13.3. The van der Waals surface area contributed by atoms with Gasteiger partial charge in [0.1, 0.15) is 21.6 Å². The molecule has 0 aliphatic carbocycles. The van der Waals surface area contributed by atoms with Crippen molar-refractivity contribution in [2.45, 2.75) is 27.7 Å². The molecule has 0 aliphatic heterocycles. The molecule has 6 aromatic rings. The third kappa shape index (κ3) is 2.75. The van der Waals surface area contributed by atoms with Gasteiger partial charge in [-0.15, -0.1) is 16.4 Å². The Bertz CT molecular complexity index is 1640. The second kappa shape index (κ2) is 6.42. The molecule has 0 saturated carbocycles. The van der Waals surface area contributed by atoms with Crippen LogP contribution in [0, 0.1) is 27.7 Å². The zero-order valence-electron chi connectivity index (χ0n) is 17.6. The van der Waals surface area contributed by atoms with Gasteiger partial charge in [0.05, 0.1) is 11.2 Å². The lowest BCUT2D eigenvalue weighted by Gasteiger charge is -2.02. The summed E-state index contributed by atoms with van der Waals surface area (Å²) in [6, 6.07) is 10.4. The normalized spacial score (nSPS) is 11.9. The number of hydrogen-bond acceptors (Lipinski definition) is 6. The van der Waals surface area contributed by atoms with Crippen molar-refractivity contribution >= 4 is 37.4 Å². The third-order valence-electron chi connectivity index (χ3n) is 5.57. The molecule has 5 heterocycles. The fraction of sp³-hybridized carbons (Fsp3) is 0.174. The van der Waals surface area contributed by atoms with E-state index < -0.39 is 0 Å². The topological polar surface area (TPSA) is 84.6 Å². The van der Waals surface area contributed by atoms with Gasteiger partial charge in [0, 0.05) is 16.6 Å². The van der Waals surface area contributed by atoms with E-state index in [4.69, 9.17) is 9.97 Å². The molecule has 0 amide bonds. The van der Waals surface area contributed by atoms with Gasteiger partial charge >= 0.3 is 0 Å². The number of aryl methyl sites for hydroxylation is 4. The van der Waals surface area contributed by atoms with Gasteiger partial charge in [-0.05, 0) is 51.0 Å². The molecule has 0 aliphatic rings. The van der Waals surface area contributed by atoms with Crippen molar-refractivity contribution in [3.63, 3.8) is 0 Å². The molecule has 8 heteroatoms. The number of fused-ring (bicyclic) bond motifs is 5. The van der Waals surface area contributed by atoms with E-state index in [1.165, 1.54) is 16.7 Å². The lowest BCUT2D eigenvalue weighted by Crippen LogP contribution is -1.90. The SMILES string of the molecule is Cc1ccc(-c2cc(-c3nc4c5sc6nc(C)cc(C)c6c5ncn4n3)[nH]n2)c(C)c1. The molecule has 31 heavy (non-hydrogen) atoms. The molecular weight excluding hydrogens is 406 g/mol. The van der Waals surface area contributed by atoms with Crippen LogP contribution in [-0.2, 0) is 0 Å². The zero-order valence-corrected chi connectivity index (χ0v) is 18.4. The number of aromatic amines is 1. The van der Waals surface area contributed by atoms with Gasteiger partial charge < -0.3 is 0 Å². The Morgan fingerprint density at radius 2 is 1.84 bits per heavy atom. The third-order valence-corrected chi connectivity index (χ3v) is 6.64. The van der Waals surface area contributed by atoms with Crippen LogP contribution < -0.4 is 0 Å². The van der Waals surface area contributed by atoms with Crippen LogP contribution in [-0.4, -0.2) is 34.8 Å². The second-order valence-electron chi connectivity index (χ2n) is 7.97. The van der Waals surface area contributed by atoms with Gasteiger partial charge in [-0.3, -0.25) is 5.10 Å². The first-order valence-electron chi connectivity index (χ1n) is 10.0. The molecule has 0 fully saturated rings. The summed E-state index contributed by atoms with van der Waals surface area (Å²) in [6.45, 7) is 8.31. The van der Waals surface area contributed by atoms with Crippen molar-refractivity contribution in [1.29, 1.82) is 0 Å². The van der Waals surface area contributed by atoms with Crippen LogP contribution in [0.5, 0.6) is 0 Å². The fourth-order valence-electron chi connectivity index (χ4n) is 4.16. The first-order chi connectivity index (χ1) is 15.0. The molecule has 0 radical (unpaired) electrons. The highest BCUT2D eigenvalue weighted by molar-refractivity contribution is 7.26. The van der Waals surface area contributed by atoms with Crippen LogP contribution in [0.2, 0.25) is 0 Å². The van der Waals surface area contributed by atoms with Crippen molar-refractivity contribution < 1.29 is 0 Å². The van der Waals surface area contributed by atoms with E-state index in [0.29, 0.717) is 5.82 Å². The summed E-state index contributed by atoms with van der Waals surface area (Å²) in [5.41, 5.74) is 9.07. The van der Waals surface area contributed by atoms with E-state index in [-0.39, 0.29) is 0 Å². The van der Waals surface area contributed by atoms with Crippen molar-refractivity contribution in [3.8, 4) is 22.8 Å². The highest BCUT2D eigenvalue weighted by Gasteiger charge is 2.18. The summed E-state index contributed by atoms with van der Waals surface area (Å²) in [4.78, 5) is 15.2. The van der Waals surface area contributed by atoms with E-state index >= 15 is 0 Å². The van der Waals surface area contributed by atoms with E-state index in [9.17, 15) is 0 Å². The average Bonchev–Trinajstić information content (AvgIpc) is 3.43. The minimum absolute atomic E-state index is 0.594. The Kier molecular flexibility index (Phi) is 3.76. The second-order valence-corrected chi connectivity index (χ2v) is 8.97. The maximum absolute atomic E-state index is 4.83. The predicted octanol–water partition coefficient (Wildman–Crippen LogP) is 5.18. The molecule has 1 N–H and O–H groups in total. The lowest BCUT2D eigenvalue weighted by atomic mass is 10.0. The molecule has 0 bridgehead atoms. The number of rotatable bonds is 2. The van der Waals surface area contributed by atoms with Crippen molar-refractivity contribution in [2.75, 3.05) is 0 Å². The van der Waals surface area contributed by atoms with Gasteiger partial charge in [0.25, 0.3) is 0 Å². The molecule has 0 spiro atoms. The van der Waals surface area contributed by atoms with Crippen molar-refractivity contribution in [3.05, 3.63) is 59.0 Å². The first-order valence-corrected chi connectivity index (χ1v) is 10.8. The van der Waals surface area contributed by atoms with Crippen LogP contribution in [0.25, 0.3) is 48.9 Å². The molecule has 1 aromatic carbocycles. The molecule has 0 unspecified atom stereocenters. The van der Waals surface area contributed by atoms with Crippen LogP contribution >= 0.6 is 11.3 Å². The van der Waals surface area contributed by atoms with Crippen LogP contribution in [0.1, 0.15) is 22.4 Å². The fourth-order valence-corrected chi connectivity index (χ4v) is 5.38. The Morgan fingerprint density at radius 1 is 0.968 bits per heavy atom. The smallest absolute Gasteiger partial charge is 0.200 e. The number of nitrogens with zero attached hydrogens (tertiary/aromatic N) is 6. The van der Waals surface area contributed by atoms with Gasteiger partial charge in [0.15, 0.2) is 11.5 Å². The number of H-pyrrole nitrogens is 1. The van der Waals surface area contributed by atoms with Gasteiger partial charge in [-0.2, -0.15) is 5.10 Å². The van der Waals surface area contributed by atoms with E-state index in [1.807, 2.05) is 13.0 Å². The zero-order chi connectivity index (χ0) is 21.3. The van der Waals surface area contributed by atoms with E-state index in [1.54, 1.807) is 22.2 Å². The number of thiophene rings is 1. The van der Waals surface area contributed by atoms with Crippen LogP contribution in [0.3, 0.4) is 0 Å². The Morgan fingerprint density at radius 3 is 2.68 bits per heavy atom.